The normalized spacial score (nSPS) is 15.0. The Hall–Kier alpha value is -1.47. The number of allylic oxidation sites excluding steroid dienone is 5. The second kappa shape index (κ2) is 11.1. The minimum atomic E-state index is 0. The monoisotopic (exact) mass is 550 g/mol. The van der Waals surface area contributed by atoms with E-state index < -0.39 is 0 Å². The molecule has 0 fully saturated rings. The minimum Gasteiger partial charge on any atom is -0.358 e. The van der Waals surface area contributed by atoms with E-state index in [1.54, 1.807) is 16.7 Å². The molecule has 1 unspecified atom stereocenters. The molecule has 2 aliphatic carbocycles. The molecule has 0 heterocycles. The molecule has 152 valence electrons. The summed E-state index contributed by atoms with van der Waals surface area (Å²) >= 11 is 0. The van der Waals surface area contributed by atoms with Crippen LogP contribution in [0.2, 0.25) is 0 Å². The van der Waals surface area contributed by atoms with Crippen molar-refractivity contribution in [3.63, 3.8) is 0 Å². The van der Waals surface area contributed by atoms with Crippen molar-refractivity contribution >= 4 is 0 Å². The fourth-order valence-corrected chi connectivity index (χ4v) is 5.07. The van der Waals surface area contributed by atoms with E-state index in [9.17, 15) is 0 Å². The Labute approximate surface area is 197 Å². The Balaban J connectivity index is 0.00000140. The Kier molecular flexibility index (Phi) is 9.76. The fraction of sp³-hybridized carbons (Fsp3) is 0.286. The van der Waals surface area contributed by atoms with Crippen molar-refractivity contribution in [3.8, 4) is 11.1 Å². The van der Waals surface area contributed by atoms with Crippen molar-refractivity contribution in [2.24, 2.45) is 0 Å². The number of rotatable bonds is 7. The average Bonchev–Trinajstić information content (AvgIpc) is 3.33. The van der Waals surface area contributed by atoms with Crippen LogP contribution in [0.15, 0.2) is 78.9 Å². The summed E-state index contributed by atoms with van der Waals surface area (Å²) in [7, 11) is 0. The van der Waals surface area contributed by atoms with E-state index in [1.807, 2.05) is 0 Å². The predicted molar refractivity (Wildman–Crippen MR) is 125 cm³/mol. The van der Waals surface area contributed by atoms with Gasteiger partial charge in [0.2, 0.25) is 0 Å². The Morgan fingerprint density at radius 2 is 1.76 bits per heavy atom. The van der Waals surface area contributed by atoms with Crippen LogP contribution in [0, 0.1) is 14.9 Å². The van der Waals surface area contributed by atoms with Crippen LogP contribution in [0.25, 0.3) is 11.1 Å². The molecule has 0 amide bonds. The molecule has 0 saturated heterocycles. The molecule has 0 aliphatic heterocycles. The molecule has 0 nitrogen and oxygen atoms in total. The molecule has 0 spiro atoms. The van der Waals surface area contributed by atoms with Gasteiger partial charge < -0.3 is 14.9 Å². The van der Waals surface area contributed by atoms with Crippen LogP contribution in [0.1, 0.15) is 55.7 Å². The SMILES string of the molecule is C=CCCC(CCC)(C1=CC=CC1)c1cccc2c1Cc1ccccc1-2.[CH3-].[CH3-].[Hf]. The van der Waals surface area contributed by atoms with E-state index >= 15 is 0 Å². The van der Waals surface area contributed by atoms with E-state index in [0.29, 0.717) is 0 Å². The molecule has 0 saturated carbocycles. The van der Waals surface area contributed by atoms with Crippen molar-refractivity contribution in [2.45, 2.75) is 50.9 Å². The van der Waals surface area contributed by atoms with Crippen LogP contribution >= 0.6 is 0 Å². The largest absolute Gasteiger partial charge is 0.358 e. The van der Waals surface area contributed by atoms with Gasteiger partial charge in [-0.05, 0) is 59.9 Å². The zero-order valence-corrected chi connectivity index (χ0v) is 21.9. The Morgan fingerprint density at radius 3 is 2.45 bits per heavy atom. The summed E-state index contributed by atoms with van der Waals surface area (Å²) in [5.41, 5.74) is 9.19. The minimum absolute atomic E-state index is 0. The molecule has 2 aliphatic rings. The Bertz CT molecular complexity index is 887. The molecule has 0 bridgehead atoms. The molecule has 29 heavy (non-hydrogen) atoms. The van der Waals surface area contributed by atoms with Crippen LogP contribution in [0.5, 0.6) is 0 Å². The summed E-state index contributed by atoms with van der Waals surface area (Å²) in [6, 6.07) is 15.9. The average molecular weight is 549 g/mol. The standard InChI is InChI=1S/C26H28.2CH3.Hf/c1-3-5-18-26(17-4-2,21-12-7-8-13-21)25-16-10-15-23-22-14-9-6-11-20(22)19-24(23)25;;;/h3,6-12,14-16H,1,4-5,13,17-19H2,2H3;2*1H3;/q;2*-1;. The van der Waals surface area contributed by atoms with Crippen molar-refractivity contribution in [1.82, 2.24) is 0 Å². The van der Waals surface area contributed by atoms with Crippen LogP contribution in [0.4, 0.5) is 0 Å². The van der Waals surface area contributed by atoms with Gasteiger partial charge in [0.1, 0.15) is 0 Å². The van der Waals surface area contributed by atoms with Gasteiger partial charge in [-0.15, -0.1) is 6.58 Å². The van der Waals surface area contributed by atoms with E-state index in [1.165, 1.54) is 29.5 Å². The van der Waals surface area contributed by atoms with Gasteiger partial charge in [-0.2, -0.15) is 0 Å². The van der Waals surface area contributed by atoms with E-state index in [2.05, 4.69) is 80.3 Å². The van der Waals surface area contributed by atoms with Gasteiger partial charge in [0.25, 0.3) is 0 Å². The van der Waals surface area contributed by atoms with Crippen molar-refractivity contribution in [2.75, 3.05) is 0 Å². The first-order valence-corrected chi connectivity index (χ1v) is 9.98. The Morgan fingerprint density at radius 1 is 1.00 bits per heavy atom. The summed E-state index contributed by atoms with van der Waals surface area (Å²) in [5.74, 6) is 0. The fourth-order valence-electron chi connectivity index (χ4n) is 5.07. The van der Waals surface area contributed by atoms with Crippen molar-refractivity contribution in [1.29, 1.82) is 0 Å². The quantitative estimate of drug-likeness (QED) is 0.159. The van der Waals surface area contributed by atoms with Crippen LogP contribution in [-0.2, 0) is 37.7 Å². The van der Waals surface area contributed by atoms with Crippen molar-refractivity contribution in [3.05, 3.63) is 110 Å². The molecule has 4 rings (SSSR count). The number of hydrogen-bond donors (Lipinski definition) is 0. The van der Waals surface area contributed by atoms with Gasteiger partial charge in [0, 0.05) is 31.3 Å². The zero-order valence-electron chi connectivity index (χ0n) is 18.3. The zero-order chi connectivity index (χ0) is 18.0. The maximum absolute atomic E-state index is 4.01. The molecule has 2 aromatic rings. The summed E-state index contributed by atoms with van der Waals surface area (Å²) < 4.78 is 0. The number of fused-ring (bicyclic) bond motifs is 3. The second-order valence-corrected chi connectivity index (χ2v) is 7.65. The summed E-state index contributed by atoms with van der Waals surface area (Å²) in [5, 5.41) is 0. The van der Waals surface area contributed by atoms with E-state index in [4.69, 9.17) is 0 Å². The molecule has 0 radical (unpaired) electrons. The molecule has 2 aromatic carbocycles. The van der Waals surface area contributed by atoms with Gasteiger partial charge >= 0.3 is 0 Å². The molecular weight excluding hydrogens is 515 g/mol. The maximum Gasteiger partial charge on any atom is 0.0174 e. The van der Waals surface area contributed by atoms with Gasteiger partial charge in [0.05, 0.1) is 0 Å². The van der Waals surface area contributed by atoms with Crippen LogP contribution in [-0.4, -0.2) is 0 Å². The third kappa shape index (κ3) is 4.50. The smallest absolute Gasteiger partial charge is 0.0174 e. The maximum atomic E-state index is 4.01. The molecular formula is C28H34Hf-2. The van der Waals surface area contributed by atoms with Crippen molar-refractivity contribution < 1.29 is 25.8 Å². The molecule has 0 N–H and O–H groups in total. The van der Waals surface area contributed by atoms with E-state index in [0.717, 1.165) is 25.7 Å². The van der Waals surface area contributed by atoms with Gasteiger partial charge in [-0.1, -0.05) is 85.7 Å². The third-order valence-electron chi connectivity index (χ3n) is 6.20. The number of hydrogen-bond acceptors (Lipinski definition) is 0. The summed E-state index contributed by atoms with van der Waals surface area (Å²) in [6.07, 6.45) is 15.8. The predicted octanol–water partition coefficient (Wildman–Crippen LogP) is 8.05. The molecule has 1 atom stereocenters. The van der Waals surface area contributed by atoms with Gasteiger partial charge in [0.15, 0.2) is 0 Å². The third-order valence-corrected chi connectivity index (χ3v) is 6.20. The van der Waals surface area contributed by atoms with Crippen LogP contribution in [0.3, 0.4) is 0 Å². The second-order valence-electron chi connectivity index (χ2n) is 7.65. The summed E-state index contributed by atoms with van der Waals surface area (Å²) in [6.45, 7) is 6.34. The van der Waals surface area contributed by atoms with Crippen LogP contribution < -0.4 is 0 Å². The topological polar surface area (TPSA) is 0 Å². The van der Waals surface area contributed by atoms with E-state index in [-0.39, 0.29) is 46.1 Å². The summed E-state index contributed by atoms with van der Waals surface area (Å²) in [4.78, 5) is 0. The first-order valence-electron chi connectivity index (χ1n) is 9.98. The first-order chi connectivity index (χ1) is 12.8. The van der Waals surface area contributed by atoms with Gasteiger partial charge in [-0.25, -0.2) is 0 Å². The number of benzene rings is 2. The molecule has 1 heteroatoms. The van der Waals surface area contributed by atoms with Gasteiger partial charge in [-0.3, -0.25) is 0 Å². The molecule has 0 aromatic heterocycles. The first kappa shape index (κ1) is 25.6.